The summed E-state index contributed by atoms with van der Waals surface area (Å²) in [7, 11) is 0. The van der Waals surface area contributed by atoms with Crippen LogP contribution in [0.2, 0.25) is 0 Å². The van der Waals surface area contributed by atoms with Crippen LogP contribution in [-0.2, 0) is 6.42 Å². The molecule has 0 spiro atoms. The van der Waals surface area contributed by atoms with E-state index in [1.165, 1.54) is 50.5 Å². The van der Waals surface area contributed by atoms with Gasteiger partial charge in [-0.25, -0.2) is 0 Å². The summed E-state index contributed by atoms with van der Waals surface area (Å²) in [6, 6.07) is 9.37. The monoisotopic (exact) mass is 245 g/mol. The molecule has 0 aromatic heterocycles. The summed E-state index contributed by atoms with van der Waals surface area (Å²) < 4.78 is 0. The van der Waals surface area contributed by atoms with Crippen molar-refractivity contribution < 1.29 is 0 Å². The molecule has 2 N–H and O–H groups in total. The molecular formula is C17H27N. The van der Waals surface area contributed by atoms with Crippen LogP contribution in [0.25, 0.3) is 0 Å². The molecule has 1 aromatic rings. The third kappa shape index (κ3) is 3.84. The number of nitrogens with two attached hydrogens (primary N) is 1. The topological polar surface area (TPSA) is 26.0 Å². The van der Waals surface area contributed by atoms with E-state index < -0.39 is 0 Å². The van der Waals surface area contributed by atoms with E-state index >= 15 is 0 Å². The highest BCUT2D eigenvalue weighted by Crippen LogP contribution is 2.32. The molecule has 1 fully saturated rings. The lowest BCUT2D eigenvalue weighted by molar-refractivity contribution is 0.443. The molecule has 0 heterocycles. The minimum Gasteiger partial charge on any atom is -0.330 e. The van der Waals surface area contributed by atoms with E-state index in [4.69, 9.17) is 5.73 Å². The number of hydrogen-bond acceptors (Lipinski definition) is 1. The summed E-state index contributed by atoms with van der Waals surface area (Å²) in [4.78, 5) is 0. The van der Waals surface area contributed by atoms with Crippen molar-refractivity contribution in [3.05, 3.63) is 35.4 Å². The number of benzene rings is 1. The first-order valence-electron chi connectivity index (χ1n) is 7.58. The fourth-order valence-electron chi connectivity index (χ4n) is 2.92. The van der Waals surface area contributed by atoms with Gasteiger partial charge in [0.1, 0.15) is 0 Å². The van der Waals surface area contributed by atoms with Crippen molar-refractivity contribution in [1.82, 2.24) is 0 Å². The van der Waals surface area contributed by atoms with Gasteiger partial charge in [-0.15, -0.1) is 0 Å². The third-order valence-electron chi connectivity index (χ3n) is 4.38. The van der Waals surface area contributed by atoms with E-state index in [1.54, 1.807) is 5.56 Å². The Morgan fingerprint density at radius 3 is 2.39 bits per heavy atom. The van der Waals surface area contributed by atoms with Crippen LogP contribution >= 0.6 is 0 Å². The Kier molecular flexibility index (Phi) is 5.25. The molecule has 1 heteroatoms. The Morgan fingerprint density at radius 2 is 1.78 bits per heavy atom. The van der Waals surface area contributed by atoms with Crippen LogP contribution in [-0.4, -0.2) is 6.54 Å². The Labute approximate surface area is 112 Å². The molecule has 1 atom stereocenters. The first-order valence-corrected chi connectivity index (χ1v) is 7.58. The van der Waals surface area contributed by atoms with Crippen molar-refractivity contribution in [2.75, 3.05) is 6.54 Å². The molecule has 1 aliphatic carbocycles. The molecule has 1 nitrogen and oxygen atoms in total. The first-order chi connectivity index (χ1) is 8.79. The maximum absolute atomic E-state index is 5.66. The van der Waals surface area contributed by atoms with Crippen LogP contribution in [0.5, 0.6) is 0 Å². The smallest absolute Gasteiger partial charge is 0.00514 e. The molecule has 1 aliphatic rings. The Balaban J connectivity index is 1.88. The average molecular weight is 245 g/mol. The van der Waals surface area contributed by atoms with Crippen LogP contribution in [0.1, 0.15) is 62.5 Å². The molecule has 1 aromatic carbocycles. The highest BCUT2D eigenvalue weighted by molar-refractivity contribution is 5.25. The molecule has 0 aliphatic heterocycles. The van der Waals surface area contributed by atoms with Crippen molar-refractivity contribution in [1.29, 1.82) is 0 Å². The van der Waals surface area contributed by atoms with Gasteiger partial charge in [-0.1, -0.05) is 50.5 Å². The zero-order valence-electron chi connectivity index (χ0n) is 11.7. The number of aryl methyl sites for hydroxylation is 1. The van der Waals surface area contributed by atoms with E-state index in [0.29, 0.717) is 5.92 Å². The van der Waals surface area contributed by atoms with E-state index in [9.17, 15) is 0 Å². The van der Waals surface area contributed by atoms with Gasteiger partial charge in [-0.05, 0) is 55.2 Å². The van der Waals surface area contributed by atoms with Crippen molar-refractivity contribution in [2.45, 2.75) is 57.8 Å². The molecule has 1 saturated carbocycles. The van der Waals surface area contributed by atoms with Crippen molar-refractivity contribution in [3.63, 3.8) is 0 Å². The summed E-state index contributed by atoms with van der Waals surface area (Å²) in [6.45, 7) is 3.04. The summed E-state index contributed by atoms with van der Waals surface area (Å²) in [6.07, 6.45) is 9.43. The predicted octanol–water partition coefficient (Wildman–Crippen LogP) is 4.26. The Bertz CT molecular complexity index is 335. The van der Waals surface area contributed by atoms with Gasteiger partial charge in [0.2, 0.25) is 0 Å². The van der Waals surface area contributed by atoms with Gasteiger partial charge in [-0.2, -0.15) is 0 Å². The fourth-order valence-corrected chi connectivity index (χ4v) is 2.92. The molecule has 1 unspecified atom stereocenters. The average Bonchev–Trinajstić information content (AvgIpc) is 2.46. The Hall–Kier alpha value is -0.820. The highest BCUT2D eigenvalue weighted by Gasteiger charge is 2.14. The molecule has 0 saturated heterocycles. The molecular weight excluding hydrogens is 218 g/mol. The molecule has 18 heavy (non-hydrogen) atoms. The van der Waals surface area contributed by atoms with Gasteiger partial charge in [-0.3, -0.25) is 0 Å². The van der Waals surface area contributed by atoms with Gasteiger partial charge in [0.05, 0.1) is 0 Å². The Morgan fingerprint density at radius 1 is 1.11 bits per heavy atom. The zero-order valence-corrected chi connectivity index (χ0v) is 11.7. The van der Waals surface area contributed by atoms with Crippen LogP contribution in [0.15, 0.2) is 24.3 Å². The van der Waals surface area contributed by atoms with E-state index in [-0.39, 0.29) is 0 Å². The number of rotatable bonds is 5. The minimum atomic E-state index is 0.642. The normalized spacial score (nSPS) is 18.8. The maximum Gasteiger partial charge on any atom is -0.00514 e. The summed E-state index contributed by atoms with van der Waals surface area (Å²) in [5.41, 5.74) is 8.69. The highest BCUT2D eigenvalue weighted by atomic mass is 14.5. The van der Waals surface area contributed by atoms with Crippen molar-refractivity contribution in [2.24, 2.45) is 11.7 Å². The lowest BCUT2D eigenvalue weighted by atomic mass is 9.84. The van der Waals surface area contributed by atoms with Crippen molar-refractivity contribution in [3.8, 4) is 0 Å². The predicted molar refractivity (Wildman–Crippen MR) is 78.8 cm³/mol. The molecule has 100 valence electrons. The zero-order chi connectivity index (χ0) is 12.8. The second-order valence-corrected chi connectivity index (χ2v) is 5.96. The van der Waals surface area contributed by atoms with Crippen LogP contribution in [0, 0.1) is 5.92 Å². The molecule has 0 amide bonds. The fraction of sp³-hybridized carbons (Fsp3) is 0.647. The second kappa shape index (κ2) is 6.94. The first kappa shape index (κ1) is 13.6. The van der Waals surface area contributed by atoms with Crippen LogP contribution in [0.3, 0.4) is 0 Å². The van der Waals surface area contributed by atoms with Gasteiger partial charge >= 0.3 is 0 Å². The van der Waals surface area contributed by atoms with E-state index in [1.807, 2.05) is 0 Å². The van der Waals surface area contributed by atoms with Crippen molar-refractivity contribution >= 4 is 0 Å². The van der Waals surface area contributed by atoms with Gasteiger partial charge in [0, 0.05) is 0 Å². The largest absolute Gasteiger partial charge is 0.330 e. The maximum atomic E-state index is 5.66. The molecule has 0 bridgehead atoms. The molecule has 2 rings (SSSR count). The SMILES string of the molecule is CC(CN)CCc1ccc(C2CCCCC2)cc1. The minimum absolute atomic E-state index is 0.642. The standard InChI is InChI=1S/C17H27N/c1-14(13-18)7-8-15-9-11-17(12-10-15)16-5-3-2-4-6-16/h9-12,14,16H,2-8,13,18H2,1H3. The summed E-state index contributed by atoms with van der Waals surface area (Å²) in [5, 5.41) is 0. The second-order valence-electron chi connectivity index (χ2n) is 5.96. The van der Waals surface area contributed by atoms with Crippen LogP contribution < -0.4 is 5.73 Å². The lowest BCUT2D eigenvalue weighted by Gasteiger charge is -2.22. The quantitative estimate of drug-likeness (QED) is 0.824. The lowest BCUT2D eigenvalue weighted by Crippen LogP contribution is -2.11. The summed E-state index contributed by atoms with van der Waals surface area (Å²) >= 11 is 0. The van der Waals surface area contributed by atoms with E-state index in [2.05, 4.69) is 31.2 Å². The van der Waals surface area contributed by atoms with Gasteiger partial charge in [0.15, 0.2) is 0 Å². The van der Waals surface area contributed by atoms with Gasteiger partial charge < -0.3 is 5.73 Å². The van der Waals surface area contributed by atoms with Crippen LogP contribution in [0.4, 0.5) is 0 Å². The third-order valence-corrected chi connectivity index (χ3v) is 4.38. The summed E-state index contributed by atoms with van der Waals surface area (Å²) in [5.74, 6) is 1.47. The van der Waals surface area contributed by atoms with E-state index in [0.717, 1.165) is 12.5 Å². The molecule has 0 radical (unpaired) electrons. The van der Waals surface area contributed by atoms with Gasteiger partial charge in [0.25, 0.3) is 0 Å². The number of hydrogen-bond donors (Lipinski definition) is 1.